The molecule has 1 rings (SSSR count). The molecule has 1 saturated carbocycles. The topological polar surface area (TPSA) is 21.3 Å². The zero-order chi connectivity index (χ0) is 12.6. The molecule has 0 heterocycles. The lowest BCUT2D eigenvalue weighted by Crippen LogP contribution is -2.40. The maximum Gasteiger partial charge on any atom is 0.0591 e. The molecule has 0 aromatic carbocycles. The van der Waals surface area contributed by atoms with Crippen molar-refractivity contribution in [3.8, 4) is 0 Å². The van der Waals surface area contributed by atoms with E-state index in [1.54, 1.807) is 0 Å². The van der Waals surface area contributed by atoms with Crippen LogP contribution in [-0.2, 0) is 4.74 Å². The minimum absolute atomic E-state index is 0.256. The third-order valence-corrected chi connectivity index (χ3v) is 4.06. The smallest absolute Gasteiger partial charge is 0.0591 e. The van der Waals surface area contributed by atoms with E-state index >= 15 is 0 Å². The number of hydrogen-bond acceptors (Lipinski definition) is 2. The average molecular weight is 241 g/mol. The standard InChI is InChI=1S/C15H31NO/c1-4-15(2,3)16-11-12-17-13-14-9-7-5-6-8-10-14/h14,16H,4-13H2,1-3H3. The molecule has 1 aliphatic rings. The van der Waals surface area contributed by atoms with E-state index in [1.165, 1.54) is 38.5 Å². The summed E-state index contributed by atoms with van der Waals surface area (Å²) in [5.74, 6) is 0.830. The Balaban J connectivity index is 1.99. The van der Waals surface area contributed by atoms with Crippen LogP contribution in [0.3, 0.4) is 0 Å². The molecule has 0 radical (unpaired) electrons. The van der Waals surface area contributed by atoms with Gasteiger partial charge in [0, 0.05) is 18.7 Å². The summed E-state index contributed by atoms with van der Waals surface area (Å²) in [5, 5.41) is 3.53. The lowest BCUT2D eigenvalue weighted by molar-refractivity contribution is 0.0915. The molecule has 1 N–H and O–H groups in total. The molecule has 0 aliphatic heterocycles. The van der Waals surface area contributed by atoms with E-state index in [4.69, 9.17) is 4.74 Å². The zero-order valence-corrected chi connectivity index (χ0v) is 12.1. The van der Waals surface area contributed by atoms with Gasteiger partial charge in [0.1, 0.15) is 0 Å². The third kappa shape index (κ3) is 7.05. The van der Waals surface area contributed by atoms with Crippen LogP contribution in [0.25, 0.3) is 0 Å². The summed E-state index contributed by atoms with van der Waals surface area (Å²) in [6.45, 7) is 9.54. The second-order valence-electron chi connectivity index (χ2n) is 6.10. The Kier molecular flexibility index (Phi) is 7.14. The Morgan fingerprint density at radius 1 is 1.12 bits per heavy atom. The zero-order valence-electron chi connectivity index (χ0n) is 12.1. The van der Waals surface area contributed by atoms with E-state index in [0.29, 0.717) is 0 Å². The molecule has 0 spiro atoms. The summed E-state index contributed by atoms with van der Waals surface area (Å²) in [6, 6.07) is 0. The van der Waals surface area contributed by atoms with Crippen molar-refractivity contribution in [1.29, 1.82) is 0 Å². The molecule has 2 nitrogen and oxygen atoms in total. The van der Waals surface area contributed by atoms with E-state index in [0.717, 1.165) is 32.1 Å². The Morgan fingerprint density at radius 2 is 1.76 bits per heavy atom. The van der Waals surface area contributed by atoms with Gasteiger partial charge in [0.25, 0.3) is 0 Å². The molecule has 0 bridgehead atoms. The minimum Gasteiger partial charge on any atom is -0.380 e. The van der Waals surface area contributed by atoms with E-state index < -0.39 is 0 Å². The molecule has 1 fully saturated rings. The van der Waals surface area contributed by atoms with Crippen LogP contribution in [0.15, 0.2) is 0 Å². The van der Waals surface area contributed by atoms with Crippen LogP contribution in [0.1, 0.15) is 65.7 Å². The molecule has 1 aliphatic carbocycles. The largest absolute Gasteiger partial charge is 0.380 e. The van der Waals surface area contributed by atoms with Crippen molar-refractivity contribution in [1.82, 2.24) is 5.32 Å². The van der Waals surface area contributed by atoms with Gasteiger partial charge in [-0.1, -0.05) is 32.6 Å². The molecule has 0 unspecified atom stereocenters. The molecule has 0 aromatic heterocycles. The van der Waals surface area contributed by atoms with Crippen LogP contribution in [0.4, 0.5) is 0 Å². The maximum atomic E-state index is 5.81. The predicted octanol–water partition coefficient (Wildman–Crippen LogP) is 3.75. The highest BCUT2D eigenvalue weighted by Crippen LogP contribution is 2.22. The van der Waals surface area contributed by atoms with Crippen LogP contribution in [0.2, 0.25) is 0 Å². The van der Waals surface area contributed by atoms with Crippen molar-refractivity contribution in [3.05, 3.63) is 0 Å². The lowest BCUT2D eigenvalue weighted by Gasteiger charge is -2.24. The lowest BCUT2D eigenvalue weighted by atomic mass is 10.0. The number of nitrogens with one attached hydrogen (secondary N) is 1. The summed E-state index contributed by atoms with van der Waals surface area (Å²) in [6.07, 6.45) is 9.62. The fourth-order valence-corrected chi connectivity index (χ4v) is 2.37. The molecule has 0 aromatic rings. The first-order valence-corrected chi connectivity index (χ1v) is 7.47. The Hall–Kier alpha value is -0.0800. The SMILES string of the molecule is CCC(C)(C)NCCOCC1CCCCCC1. The number of ether oxygens (including phenoxy) is 1. The molecular weight excluding hydrogens is 210 g/mol. The van der Waals surface area contributed by atoms with E-state index in [-0.39, 0.29) is 5.54 Å². The average Bonchev–Trinajstić information content (AvgIpc) is 2.57. The van der Waals surface area contributed by atoms with Crippen LogP contribution in [0, 0.1) is 5.92 Å². The van der Waals surface area contributed by atoms with Gasteiger partial charge in [-0.05, 0) is 39.0 Å². The molecule has 0 amide bonds. The summed E-state index contributed by atoms with van der Waals surface area (Å²) >= 11 is 0. The van der Waals surface area contributed by atoms with E-state index in [2.05, 4.69) is 26.1 Å². The first-order chi connectivity index (χ1) is 8.14. The van der Waals surface area contributed by atoms with Crippen molar-refractivity contribution in [2.45, 2.75) is 71.3 Å². The van der Waals surface area contributed by atoms with Crippen molar-refractivity contribution in [2.24, 2.45) is 5.92 Å². The summed E-state index contributed by atoms with van der Waals surface area (Å²) in [7, 11) is 0. The Morgan fingerprint density at radius 3 is 2.35 bits per heavy atom. The van der Waals surface area contributed by atoms with E-state index in [1.807, 2.05) is 0 Å². The van der Waals surface area contributed by atoms with Crippen molar-refractivity contribution in [3.63, 3.8) is 0 Å². The van der Waals surface area contributed by atoms with Crippen LogP contribution in [-0.4, -0.2) is 25.3 Å². The highest BCUT2D eigenvalue weighted by atomic mass is 16.5. The third-order valence-electron chi connectivity index (χ3n) is 4.06. The number of rotatable bonds is 7. The molecular formula is C15H31NO. The van der Waals surface area contributed by atoms with Gasteiger partial charge in [-0.25, -0.2) is 0 Å². The maximum absolute atomic E-state index is 5.81. The molecule has 102 valence electrons. The second-order valence-corrected chi connectivity index (χ2v) is 6.10. The van der Waals surface area contributed by atoms with Crippen molar-refractivity contribution < 1.29 is 4.74 Å². The molecule has 0 atom stereocenters. The predicted molar refractivity (Wildman–Crippen MR) is 74.4 cm³/mol. The molecule has 17 heavy (non-hydrogen) atoms. The fraction of sp³-hybridized carbons (Fsp3) is 1.00. The first kappa shape index (κ1) is 15.0. The fourth-order valence-electron chi connectivity index (χ4n) is 2.37. The van der Waals surface area contributed by atoms with Crippen molar-refractivity contribution >= 4 is 0 Å². The van der Waals surface area contributed by atoms with Gasteiger partial charge in [0.2, 0.25) is 0 Å². The highest BCUT2D eigenvalue weighted by Gasteiger charge is 2.14. The summed E-state index contributed by atoms with van der Waals surface area (Å²) in [4.78, 5) is 0. The van der Waals surface area contributed by atoms with Gasteiger partial charge in [0.15, 0.2) is 0 Å². The quantitative estimate of drug-likeness (QED) is 0.541. The summed E-state index contributed by atoms with van der Waals surface area (Å²) < 4.78 is 5.81. The Labute approximate surface area is 108 Å². The van der Waals surface area contributed by atoms with Gasteiger partial charge in [0.05, 0.1) is 6.61 Å². The van der Waals surface area contributed by atoms with Crippen LogP contribution < -0.4 is 5.32 Å². The summed E-state index contributed by atoms with van der Waals surface area (Å²) in [5.41, 5.74) is 0.256. The first-order valence-electron chi connectivity index (χ1n) is 7.47. The van der Waals surface area contributed by atoms with Gasteiger partial charge in [-0.15, -0.1) is 0 Å². The number of hydrogen-bond donors (Lipinski definition) is 1. The van der Waals surface area contributed by atoms with Gasteiger partial charge < -0.3 is 10.1 Å². The Bertz CT molecular complexity index is 183. The molecule has 0 saturated heterocycles. The van der Waals surface area contributed by atoms with E-state index in [9.17, 15) is 0 Å². The van der Waals surface area contributed by atoms with Crippen molar-refractivity contribution in [2.75, 3.05) is 19.8 Å². The van der Waals surface area contributed by atoms with Crippen LogP contribution in [0.5, 0.6) is 0 Å². The van der Waals surface area contributed by atoms with Gasteiger partial charge in [-0.3, -0.25) is 0 Å². The molecule has 2 heteroatoms. The van der Waals surface area contributed by atoms with Gasteiger partial charge >= 0.3 is 0 Å². The van der Waals surface area contributed by atoms with Gasteiger partial charge in [-0.2, -0.15) is 0 Å². The second kappa shape index (κ2) is 8.10. The monoisotopic (exact) mass is 241 g/mol. The minimum atomic E-state index is 0.256. The highest BCUT2D eigenvalue weighted by molar-refractivity contribution is 4.74. The van der Waals surface area contributed by atoms with Crippen LogP contribution >= 0.6 is 0 Å². The normalized spacial score (nSPS) is 19.2.